The van der Waals surface area contributed by atoms with Crippen LogP contribution in [0, 0.1) is 0 Å². The summed E-state index contributed by atoms with van der Waals surface area (Å²) in [4.78, 5) is 31.4. The van der Waals surface area contributed by atoms with Crippen LogP contribution >= 0.6 is 11.3 Å². The molecule has 2 N–H and O–H groups in total. The van der Waals surface area contributed by atoms with E-state index in [1.807, 2.05) is 60.0 Å². The smallest absolute Gasteiger partial charge is 0.350 e. The highest BCUT2D eigenvalue weighted by molar-refractivity contribution is 7.13. The number of rotatable bonds is 12. The number of nitrogens with zero attached hydrogens (tertiary/aromatic N) is 2. The number of carboxylic acid groups (broad SMARTS) is 1. The van der Waals surface area contributed by atoms with Gasteiger partial charge in [0.1, 0.15) is 5.54 Å². The largest absolute Gasteiger partial charge is 0.477 e. The second-order valence-corrected chi connectivity index (χ2v) is 8.79. The number of hydrogen-bond donors (Lipinski definition) is 2. The predicted octanol–water partition coefficient (Wildman–Crippen LogP) is 4.72. The third-order valence-electron chi connectivity index (χ3n) is 5.51. The zero-order chi connectivity index (χ0) is 25.9. The number of aromatic nitrogens is 1. The Morgan fingerprint density at radius 1 is 0.919 bits per heavy atom. The Kier molecular flexibility index (Phi) is 8.62. The summed E-state index contributed by atoms with van der Waals surface area (Å²) in [6.07, 6.45) is 0.967. The number of carbonyl (C=O) groups is 2. The van der Waals surface area contributed by atoms with Gasteiger partial charge in [-0.3, -0.25) is 0 Å². The number of aliphatic carboxylic acids is 1. The van der Waals surface area contributed by atoms with Crippen molar-refractivity contribution in [1.82, 2.24) is 4.98 Å². The number of esters is 1. The Bertz CT molecular complexity index is 1230. The lowest BCUT2D eigenvalue weighted by Gasteiger charge is -2.36. The molecule has 9 heteroatoms. The number of hydrogen-bond acceptors (Lipinski definition) is 8. The quantitative estimate of drug-likeness (QED) is 0.122. The molecule has 0 unspecified atom stereocenters. The van der Waals surface area contributed by atoms with E-state index in [2.05, 4.69) is 51.7 Å². The van der Waals surface area contributed by atoms with Gasteiger partial charge in [0.25, 0.3) is 0 Å². The van der Waals surface area contributed by atoms with E-state index in [0.29, 0.717) is 12.6 Å². The van der Waals surface area contributed by atoms with Crippen LogP contribution < -0.4 is 5.32 Å². The van der Waals surface area contributed by atoms with Crippen molar-refractivity contribution in [3.8, 4) is 0 Å². The molecule has 0 fully saturated rings. The average molecular weight is 516 g/mol. The van der Waals surface area contributed by atoms with E-state index in [9.17, 15) is 9.59 Å². The van der Waals surface area contributed by atoms with E-state index in [0.717, 1.165) is 27.5 Å². The molecule has 4 rings (SSSR count). The van der Waals surface area contributed by atoms with Crippen LogP contribution in [0.15, 0.2) is 102 Å². The number of benzene rings is 3. The topological polar surface area (TPSA) is 110 Å². The molecule has 0 amide bonds. The molecule has 0 saturated carbocycles. The molecule has 0 saturated heterocycles. The highest BCUT2D eigenvalue weighted by Crippen LogP contribution is 2.40. The molecule has 3 aromatic carbocycles. The molecule has 1 heterocycles. The fourth-order valence-electron chi connectivity index (χ4n) is 3.90. The van der Waals surface area contributed by atoms with Crippen molar-refractivity contribution in [1.29, 1.82) is 0 Å². The van der Waals surface area contributed by atoms with Gasteiger partial charge in [-0.05, 0) is 16.7 Å². The van der Waals surface area contributed by atoms with E-state index in [4.69, 9.17) is 14.8 Å². The molecule has 0 aliphatic rings. The lowest BCUT2D eigenvalue weighted by atomic mass is 9.77. The van der Waals surface area contributed by atoms with Crippen LogP contribution in [0.5, 0.6) is 0 Å². The van der Waals surface area contributed by atoms with Gasteiger partial charge in [0.05, 0.1) is 12.3 Å². The molecule has 188 valence electrons. The minimum Gasteiger partial charge on any atom is -0.477 e. The summed E-state index contributed by atoms with van der Waals surface area (Å²) in [6, 6.07) is 30.7. The first kappa shape index (κ1) is 25.6. The van der Waals surface area contributed by atoms with E-state index in [1.165, 1.54) is 11.3 Å². The van der Waals surface area contributed by atoms with E-state index >= 15 is 0 Å². The van der Waals surface area contributed by atoms with Crippen molar-refractivity contribution in [3.63, 3.8) is 0 Å². The molecule has 1 aromatic heterocycles. The van der Waals surface area contributed by atoms with Crippen LogP contribution in [0.25, 0.3) is 0 Å². The first-order valence-electron chi connectivity index (χ1n) is 11.5. The molecule has 4 aromatic rings. The van der Waals surface area contributed by atoms with Gasteiger partial charge in [-0.25, -0.2) is 14.6 Å². The van der Waals surface area contributed by atoms with Crippen molar-refractivity contribution in [2.24, 2.45) is 5.16 Å². The Morgan fingerprint density at radius 3 is 1.97 bits per heavy atom. The third kappa shape index (κ3) is 6.59. The summed E-state index contributed by atoms with van der Waals surface area (Å²) < 4.78 is 5.13. The van der Waals surface area contributed by atoms with Gasteiger partial charge in [-0.1, -0.05) is 96.2 Å². The van der Waals surface area contributed by atoms with Crippen LogP contribution in [-0.2, 0) is 31.1 Å². The number of anilines is 1. The number of ether oxygens (including phenoxy) is 1. The van der Waals surface area contributed by atoms with Gasteiger partial charge < -0.3 is 20.0 Å². The van der Waals surface area contributed by atoms with Crippen LogP contribution in [0.2, 0.25) is 0 Å². The minimum absolute atomic E-state index is 0.106. The van der Waals surface area contributed by atoms with Crippen LogP contribution in [0.1, 0.15) is 22.4 Å². The number of oxime groups is 1. The standard InChI is InChI=1S/C28H25N3O5S/c32-25(33)18-29-36-19-26(34)35-17-16-24-20-37-27(30-24)31-28(21-10-4-1-5-11-21,22-12-6-2-7-13-22)23-14-8-3-9-15-23/h1-15,18,20H,16-17,19H2,(H,30,31)(H,32,33). The molecule has 0 bridgehead atoms. The van der Waals surface area contributed by atoms with Gasteiger partial charge in [-0.2, -0.15) is 0 Å². The van der Waals surface area contributed by atoms with E-state index < -0.39 is 24.1 Å². The number of carboxylic acids is 1. The zero-order valence-corrected chi connectivity index (χ0v) is 20.6. The molecular formula is C28H25N3O5S. The van der Waals surface area contributed by atoms with Crippen molar-refractivity contribution in [2.45, 2.75) is 12.0 Å². The van der Waals surface area contributed by atoms with Crippen LogP contribution in [0.3, 0.4) is 0 Å². The molecule has 0 aliphatic heterocycles. The van der Waals surface area contributed by atoms with Gasteiger partial charge in [0.2, 0.25) is 6.61 Å². The molecule has 0 aliphatic carbocycles. The first-order chi connectivity index (χ1) is 18.1. The Hall–Kier alpha value is -4.50. The lowest BCUT2D eigenvalue weighted by Crippen LogP contribution is -2.38. The van der Waals surface area contributed by atoms with Gasteiger partial charge in [0.15, 0.2) is 11.3 Å². The number of nitrogens with one attached hydrogen (secondary N) is 1. The predicted molar refractivity (Wildman–Crippen MR) is 142 cm³/mol. The summed E-state index contributed by atoms with van der Waals surface area (Å²) in [5, 5.41) is 18.0. The maximum Gasteiger partial charge on any atom is 0.350 e. The molecule has 37 heavy (non-hydrogen) atoms. The Balaban J connectivity index is 1.53. The average Bonchev–Trinajstić information content (AvgIpc) is 3.38. The zero-order valence-electron chi connectivity index (χ0n) is 19.8. The second-order valence-electron chi connectivity index (χ2n) is 7.93. The molecule has 0 radical (unpaired) electrons. The lowest BCUT2D eigenvalue weighted by molar-refractivity contribution is -0.149. The van der Waals surface area contributed by atoms with Gasteiger partial charge in [-0.15, -0.1) is 11.3 Å². The van der Waals surface area contributed by atoms with Crippen LogP contribution in [0.4, 0.5) is 5.13 Å². The van der Waals surface area contributed by atoms with Crippen molar-refractivity contribution in [2.75, 3.05) is 18.5 Å². The number of carbonyl (C=O) groups excluding carboxylic acids is 1. The first-order valence-corrected chi connectivity index (χ1v) is 12.4. The van der Waals surface area contributed by atoms with Crippen molar-refractivity contribution < 1.29 is 24.3 Å². The highest BCUT2D eigenvalue weighted by atomic mass is 32.1. The third-order valence-corrected chi connectivity index (χ3v) is 6.31. The van der Waals surface area contributed by atoms with Crippen LogP contribution in [-0.4, -0.2) is 41.5 Å². The molecule has 0 atom stereocenters. The maximum absolute atomic E-state index is 11.7. The molecule has 0 spiro atoms. The monoisotopic (exact) mass is 515 g/mol. The Labute approximate surface area is 218 Å². The van der Waals surface area contributed by atoms with Crippen molar-refractivity contribution >= 4 is 34.6 Å². The van der Waals surface area contributed by atoms with Gasteiger partial charge >= 0.3 is 11.9 Å². The summed E-state index contributed by atoms with van der Waals surface area (Å²) in [6.45, 7) is -0.364. The van der Waals surface area contributed by atoms with Gasteiger partial charge in [0, 0.05) is 11.8 Å². The van der Waals surface area contributed by atoms with E-state index in [1.54, 1.807) is 0 Å². The maximum atomic E-state index is 11.7. The summed E-state index contributed by atoms with van der Waals surface area (Å²) >= 11 is 1.48. The summed E-state index contributed by atoms with van der Waals surface area (Å²) in [7, 11) is 0. The normalized spacial score (nSPS) is 11.2. The summed E-state index contributed by atoms with van der Waals surface area (Å²) in [5.74, 6) is -1.91. The van der Waals surface area contributed by atoms with E-state index in [-0.39, 0.29) is 6.61 Å². The highest BCUT2D eigenvalue weighted by Gasteiger charge is 2.37. The SMILES string of the molecule is O=C(O)C=NOCC(=O)OCCc1csc(NC(c2ccccc2)(c2ccccc2)c2ccccc2)n1. The minimum atomic E-state index is -1.27. The second kappa shape index (κ2) is 12.5. The molecular weight excluding hydrogens is 490 g/mol. The fraction of sp³-hybridized carbons (Fsp3) is 0.143. The molecule has 8 nitrogen and oxygen atoms in total. The van der Waals surface area contributed by atoms with Crippen molar-refractivity contribution in [3.05, 3.63) is 119 Å². The number of thiazole rings is 1. The summed E-state index contributed by atoms with van der Waals surface area (Å²) in [5.41, 5.74) is 3.31. The Morgan fingerprint density at radius 2 is 1.46 bits per heavy atom. The fourth-order valence-corrected chi connectivity index (χ4v) is 4.70.